The summed E-state index contributed by atoms with van der Waals surface area (Å²) < 4.78 is 185. The molecule has 19 heteroatoms. The summed E-state index contributed by atoms with van der Waals surface area (Å²) in [6, 6.07) is 0.167. The minimum atomic E-state index is -7.04. The van der Waals surface area contributed by atoms with Crippen LogP contribution in [0.4, 0.5) is 61.5 Å². The Bertz CT molecular complexity index is 1010. The lowest BCUT2D eigenvalue weighted by atomic mass is 10.1. The minimum absolute atomic E-state index is 0.191. The molecule has 1 aromatic carbocycles. The van der Waals surface area contributed by atoms with E-state index in [4.69, 9.17) is 0 Å². The Kier molecular flexibility index (Phi) is 7.52. The number of hydrogen-bond donors (Lipinski definition) is 0. The Morgan fingerprint density at radius 3 is 1.34 bits per heavy atom. The highest BCUT2D eigenvalue weighted by Gasteiger charge is 2.78. The summed E-state index contributed by atoms with van der Waals surface area (Å²) in [5, 5.41) is 0. The Morgan fingerprint density at radius 1 is 0.629 bits per heavy atom. The van der Waals surface area contributed by atoms with Crippen LogP contribution in [0.1, 0.15) is 17.3 Å². The van der Waals surface area contributed by atoms with Gasteiger partial charge < -0.3 is 9.47 Å². The molecule has 0 N–H and O–H groups in total. The van der Waals surface area contributed by atoms with Crippen molar-refractivity contribution in [2.24, 2.45) is 0 Å². The average Bonchev–Trinajstić information content (AvgIpc) is 2.65. The first-order valence-electron chi connectivity index (χ1n) is 8.06. The van der Waals surface area contributed by atoms with Crippen LogP contribution in [0, 0.1) is 0 Å². The second-order valence-electron chi connectivity index (χ2n) is 6.29. The number of benzene rings is 1. The highest BCUT2D eigenvalue weighted by atomic mass is 19.4. The number of esters is 2. The molecule has 0 radical (unpaired) electrons. The number of ketones is 1. The van der Waals surface area contributed by atoms with Crippen molar-refractivity contribution in [1.82, 2.24) is 0 Å². The second kappa shape index (κ2) is 8.81. The highest BCUT2D eigenvalue weighted by molar-refractivity contribution is 5.98. The van der Waals surface area contributed by atoms with Crippen molar-refractivity contribution >= 4 is 17.7 Å². The fraction of sp³-hybridized carbons (Fsp3) is 0.438. The Labute approximate surface area is 182 Å². The first-order valence-corrected chi connectivity index (χ1v) is 8.06. The van der Waals surface area contributed by atoms with E-state index in [0.29, 0.717) is 6.92 Å². The van der Waals surface area contributed by atoms with Crippen LogP contribution in [-0.2, 0) is 9.59 Å². The van der Waals surface area contributed by atoms with Gasteiger partial charge in [-0.3, -0.25) is 4.79 Å². The number of alkyl halides is 14. The predicted octanol–water partition coefficient (Wildman–Crippen LogP) is 5.37. The fourth-order valence-electron chi connectivity index (χ4n) is 1.89. The molecule has 0 amide bonds. The van der Waals surface area contributed by atoms with Gasteiger partial charge in [-0.25, -0.2) is 9.59 Å². The standard InChI is InChI=1S/C16H6F14O5/c1-5(31)7-3-2-6(34-9(32)11(17,18)13(21,22)15(25,26)27)4-8(7)35-10(33)12(19,20)14(23,24)16(28,29)30/h2-4H,1H3. The van der Waals surface area contributed by atoms with Gasteiger partial charge in [0.2, 0.25) is 0 Å². The van der Waals surface area contributed by atoms with Crippen molar-refractivity contribution in [3.63, 3.8) is 0 Å². The summed E-state index contributed by atoms with van der Waals surface area (Å²) in [6.07, 6.45) is -14.0. The first kappa shape index (κ1) is 29.9. The largest absolute Gasteiger partial charge is 0.460 e. The third-order valence-electron chi connectivity index (χ3n) is 3.76. The molecule has 5 nitrogen and oxygen atoms in total. The van der Waals surface area contributed by atoms with Gasteiger partial charge >= 0.3 is 48.0 Å². The Morgan fingerprint density at radius 2 is 1.00 bits per heavy atom. The molecule has 0 unspecified atom stereocenters. The number of Topliss-reactive ketones (excluding diaryl/α,β-unsaturated/α-hetero) is 1. The van der Waals surface area contributed by atoms with E-state index in [2.05, 4.69) is 9.47 Å². The smallest absolute Gasteiger partial charge is 0.422 e. The molecule has 0 bridgehead atoms. The highest BCUT2D eigenvalue weighted by Crippen LogP contribution is 2.48. The summed E-state index contributed by atoms with van der Waals surface area (Å²) in [4.78, 5) is 34.0. The molecular formula is C16H6F14O5. The predicted molar refractivity (Wildman–Crippen MR) is 79.6 cm³/mol. The van der Waals surface area contributed by atoms with Crippen molar-refractivity contribution in [2.75, 3.05) is 0 Å². The summed E-state index contributed by atoms with van der Waals surface area (Å²) in [7, 11) is 0. The number of hydrogen-bond acceptors (Lipinski definition) is 5. The van der Waals surface area contributed by atoms with E-state index < -0.39 is 70.8 Å². The molecule has 0 spiro atoms. The van der Waals surface area contributed by atoms with Gasteiger partial charge in [-0.15, -0.1) is 0 Å². The molecule has 0 atom stereocenters. The van der Waals surface area contributed by atoms with Gasteiger partial charge in [0.25, 0.3) is 0 Å². The van der Waals surface area contributed by atoms with Gasteiger partial charge in [0.1, 0.15) is 11.5 Å². The summed E-state index contributed by atoms with van der Waals surface area (Å²) in [5.41, 5.74) is -1.11. The maximum Gasteiger partial charge on any atom is 0.460 e. The molecule has 0 saturated heterocycles. The third-order valence-corrected chi connectivity index (χ3v) is 3.76. The molecular weight excluding hydrogens is 538 g/mol. The van der Waals surface area contributed by atoms with Crippen molar-refractivity contribution < 1.29 is 85.3 Å². The molecule has 0 fully saturated rings. The summed E-state index contributed by atoms with van der Waals surface area (Å²) in [5.74, 6) is -39.2. The van der Waals surface area contributed by atoms with Gasteiger partial charge in [0.05, 0.1) is 5.56 Å². The SMILES string of the molecule is CC(=O)c1ccc(OC(=O)C(F)(F)C(F)(F)C(F)(F)F)cc1OC(=O)C(F)(F)C(F)(F)C(F)(F)F. The lowest BCUT2D eigenvalue weighted by Crippen LogP contribution is -2.57. The normalized spacial score (nSPS) is 13.9. The number of rotatable bonds is 7. The first-order chi connectivity index (χ1) is 15.3. The Balaban J connectivity index is 3.40. The van der Waals surface area contributed by atoms with Gasteiger partial charge in [-0.2, -0.15) is 61.5 Å². The van der Waals surface area contributed by atoms with E-state index in [1.54, 1.807) is 0 Å². The lowest BCUT2D eigenvalue weighted by Gasteiger charge is -2.27. The molecule has 0 aliphatic heterocycles. The molecule has 0 saturated carbocycles. The van der Waals surface area contributed by atoms with Crippen LogP contribution >= 0.6 is 0 Å². The quantitative estimate of drug-likeness (QED) is 0.200. The topological polar surface area (TPSA) is 69.7 Å². The van der Waals surface area contributed by atoms with E-state index in [0.717, 1.165) is 0 Å². The zero-order valence-corrected chi connectivity index (χ0v) is 16.1. The fourth-order valence-corrected chi connectivity index (χ4v) is 1.89. The van der Waals surface area contributed by atoms with E-state index in [1.165, 1.54) is 0 Å². The van der Waals surface area contributed by atoms with Crippen LogP contribution in [0.15, 0.2) is 18.2 Å². The number of ether oxygens (including phenoxy) is 2. The minimum Gasteiger partial charge on any atom is -0.422 e. The van der Waals surface area contributed by atoms with Crippen LogP contribution in [-0.4, -0.2) is 53.8 Å². The van der Waals surface area contributed by atoms with Crippen LogP contribution in [0.25, 0.3) is 0 Å². The lowest BCUT2D eigenvalue weighted by molar-refractivity contribution is -0.346. The number of carbonyl (C=O) groups excluding carboxylic acids is 3. The third kappa shape index (κ3) is 5.26. The van der Waals surface area contributed by atoms with Crippen LogP contribution < -0.4 is 9.47 Å². The molecule has 1 rings (SSSR count). The molecule has 1 aromatic rings. The van der Waals surface area contributed by atoms with Gasteiger partial charge in [0, 0.05) is 6.07 Å². The monoisotopic (exact) mass is 544 g/mol. The van der Waals surface area contributed by atoms with Crippen molar-refractivity contribution in [1.29, 1.82) is 0 Å². The van der Waals surface area contributed by atoms with Crippen LogP contribution in [0.5, 0.6) is 11.5 Å². The Hall–Kier alpha value is -3.15. The van der Waals surface area contributed by atoms with Gasteiger partial charge in [0.15, 0.2) is 5.78 Å². The maximum absolute atomic E-state index is 13.4. The molecule has 0 heterocycles. The van der Waals surface area contributed by atoms with Crippen LogP contribution in [0.2, 0.25) is 0 Å². The van der Waals surface area contributed by atoms with Crippen molar-refractivity contribution in [3.8, 4) is 11.5 Å². The molecule has 35 heavy (non-hydrogen) atoms. The zero-order chi connectivity index (χ0) is 28.0. The summed E-state index contributed by atoms with van der Waals surface area (Å²) >= 11 is 0. The molecule has 0 aliphatic rings. The van der Waals surface area contributed by atoms with E-state index in [9.17, 15) is 75.8 Å². The number of halogens is 14. The average molecular weight is 544 g/mol. The molecule has 0 aliphatic carbocycles. The molecule has 0 aromatic heterocycles. The maximum atomic E-state index is 13.4. The van der Waals surface area contributed by atoms with Crippen LogP contribution in [0.3, 0.4) is 0 Å². The van der Waals surface area contributed by atoms with Gasteiger partial charge in [-0.05, 0) is 19.1 Å². The van der Waals surface area contributed by atoms with E-state index >= 15 is 0 Å². The zero-order valence-electron chi connectivity index (χ0n) is 16.1. The van der Waals surface area contributed by atoms with Crippen molar-refractivity contribution in [3.05, 3.63) is 23.8 Å². The van der Waals surface area contributed by atoms with E-state index in [1.807, 2.05) is 0 Å². The van der Waals surface area contributed by atoms with Gasteiger partial charge in [-0.1, -0.05) is 0 Å². The molecule has 198 valence electrons. The number of carbonyl (C=O) groups is 3. The van der Waals surface area contributed by atoms with Crippen molar-refractivity contribution in [2.45, 2.75) is 43.0 Å². The van der Waals surface area contributed by atoms with E-state index in [-0.39, 0.29) is 18.2 Å². The second-order valence-corrected chi connectivity index (χ2v) is 6.29. The summed E-state index contributed by atoms with van der Waals surface area (Å²) in [6.45, 7) is 0.554.